The van der Waals surface area contributed by atoms with E-state index in [9.17, 15) is 4.79 Å². The van der Waals surface area contributed by atoms with Gasteiger partial charge in [-0.2, -0.15) is 0 Å². The number of carbonyl (C=O) groups is 1. The monoisotopic (exact) mass is 144 g/mol. The molecule has 10 heavy (non-hydrogen) atoms. The van der Waals surface area contributed by atoms with Gasteiger partial charge in [0.2, 0.25) is 0 Å². The minimum atomic E-state index is -0.845. The van der Waals surface area contributed by atoms with Gasteiger partial charge < -0.3 is 9.84 Å². The smallest absolute Gasteiger partial charge is 0.330 e. The molecule has 0 aromatic carbocycles. The van der Waals surface area contributed by atoms with Crippen LogP contribution in [0.25, 0.3) is 0 Å². The van der Waals surface area contributed by atoms with Crippen molar-refractivity contribution in [3.8, 4) is 0 Å². The Morgan fingerprint density at radius 2 is 2.00 bits per heavy atom. The molecule has 0 bridgehead atoms. The fraction of sp³-hybridized carbons (Fsp3) is 0.571. The molecule has 1 N–H and O–H groups in total. The zero-order valence-corrected chi connectivity index (χ0v) is 6.26. The van der Waals surface area contributed by atoms with Crippen LogP contribution in [0.4, 0.5) is 0 Å². The summed E-state index contributed by atoms with van der Waals surface area (Å²) in [5.74, 6) is -0.845. The maximum Gasteiger partial charge on any atom is 0.330 e. The molecule has 0 unspecified atom stereocenters. The highest BCUT2D eigenvalue weighted by atomic mass is 16.6. The highest BCUT2D eigenvalue weighted by molar-refractivity contribution is 5.85. The quantitative estimate of drug-likeness (QED) is 0.442. The number of aliphatic carboxylic acids is 1. The van der Waals surface area contributed by atoms with E-state index in [0.717, 1.165) is 13.2 Å². The molecule has 1 fully saturated rings. The summed E-state index contributed by atoms with van der Waals surface area (Å²) >= 11 is 0. The Labute approximate surface area is 60.3 Å². The molecule has 1 rings (SSSR count). The average molecular weight is 144 g/mol. The highest BCUT2D eigenvalue weighted by Crippen LogP contribution is 1.87. The Morgan fingerprint density at radius 1 is 1.60 bits per heavy atom. The molecule has 1 aliphatic heterocycles. The van der Waals surface area contributed by atoms with Crippen molar-refractivity contribution >= 4 is 5.97 Å². The van der Waals surface area contributed by atoms with Gasteiger partial charge in [0.25, 0.3) is 0 Å². The van der Waals surface area contributed by atoms with Crippen molar-refractivity contribution < 1.29 is 14.6 Å². The van der Waals surface area contributed by atoms with Crippen molar-refractivity contribution in [3.63, 3.8) is 0 Å². The minimum Gasteiger partial charge on any atom is -0.478 e. The van der Waals surface area contributed by atoms with Crippen molar-refractivity contribution in [1.82, 2.24) is 0 Å². The van der Waals surface area contributed by atoms with Crippen LogP contribution < -0.4 is 0 Å². The third-order valence-electron chi connectivity index (χ3n) is 0.974. The molecule has 0 saturated carbocycles. The van der Waals surface area contributed by atoms with Crippen LogP contribution in [0, 0.1) is 0 Å². The van der Waals surface area contributed by atoms with Gasteiger partial charge in [-0.25, -0.2) is 4.79 Å². The molecule has 3 heteroatoms. The van der Waals surface area contributed by atoms with Crippen molar-refractivity contribution in [3.05, 3.63) is 11.6 Å². The first kappa shape index (κ1) is 9.17. The summed E-state index contributed by atoms with van der Waals surface area (Å²) < 4.78 is 4.50. The topological polar surface area (TPSA) is 49.8 Å². The zero-order valence-electron chi connectivity index (χ0n) is 6.26. The summed E-state index contributed by atoms with van der Waals surface area (Å²) in [6, 6.07) is 0. The van der Waals surface area contributed by atoms with E-state index >= 15 is 0 Å². The molecule has 3 nitrogen and oxygen atoms in total. The SMILES string of the molecule is C1CO1.CC=C(C)C(=O)O. The molecule has 1 heterocycles. The number of rotatable bonds is 1. The van der Waals surface area contributed by atoms with Gasteiger partial charge >= 0.3 is 5.97 Å². The van der Waals surface area contributed by atoms with Crippen LogP contribution in [-0.2, 0) is 9.53 Å². The number of hydrogen-bond acceptors (Lipinski definition) is 2. The van der Waals surface area contributed by atoms with Gasteiger partial charge in [0, 0.05) is 5.57 Å². The molecule has 0 amide bonds. The average Bonchev–Trinajstić information content (AvgIpc) is 2.70. The van der Waals surface area contributed by atoms with E-state index in [0.29, 0.717) is 5.57 Å². The van der Waals surface area contributed by atoms with Gasteiger partial charge in [0.15, 0.2) is 0 Å². The summed E-state index contributed by atoms with van der Waals surface area (Å²) in [4.78, 5) is 9.86. The van der Waals surface area contributed by atoms with E-state index in [2.05, 4.69) is 4.74 Å². The fourth-order valence-corrected chi connectivity index (χ4v) is 0.123. The third kappa shape index (κ3) is 7.17. The zero-order chi connectivity index (χ0) is 7.98. The fourth-order valence-electron chi connectivity index (χ4n) is 0.123. The molecule has 0 radical (unpaired) electrons. The van der Waals surface area contributed by atoms with Crippen molar-refractivity contribution in [1.29, 1.82) is 0 Å². The van der Waals surface area contributed by atoms with Crippen LogP contribution in [-0.4, -0.2) is 24.3 Å². The maximum absolute atomic E-state index is 9.86. The molecule has 0 aromatic heterocycles. The molecular formula is C7H12O3. The van der Waals surface area contributed by atoms with Gasteiger partial charge in [0.1, 0.15) is 0 Å². The number of epoxide rings is 1. The maximum atomic E-state index is 9.86. The summed E-state index contributed by atoms with van der Waals surface area (Å²) in [6.45, 7) is 5.26. The normalized spacial score (nSPS) is 15.2. The Morgan fingerprint density at radius 3 is 2.00 bits per heavy atom. The van der Waals surface area contributed by atoms with Gasteiger partial charge in [-0.3, -0.25) is 0 Å². The van der Waals surface area contributed by atoms with E-state index in [-0.39, 0.29) is 0 Å². The van der Waals surface area contributed by atoms with Gasteiger partial charge in [-0.15, -0.1) is 0 Å². The minimum absolute atomic E-state index is 0.389. The van der Waals surface area contributed by atoms with Crippen molar-refractivity contribution in [2.24, 2.45) is 0 Å². The molecule has 58 valence electrons. The molecule has 0 aromatic rings. The standard InChI is InChI=1S/C5H8O2.C2H4O/c1-3-4(2)5(6)7;1-2-3-1/h3H,1-2H3,(H,6,7);1-2H2. The lowest BCUT2D eigenvalue weighted by Gasteiger charge is -1.84. The lowest BCUT2D eigenvalue weighted by Crippen LogP contribution is -1.93. The number of carboxylic acids is 1. The highest BCUT2D eigenvalue weighted by Gasteiger charge is 1.94. The van der Waals surface area contributed by atoms with Crippen LogP contribution in [0.15, 0.2) is 11.6 Å². The Bertz CT molecular complexity index is 133. The molecule has 0 atom stereocenters. The Hall–Kier alpha value is -0.830. The summed E-state index contributed by atoms with van der Waals surface area (Å²) in [5.41, 5.74) is 0.389. The lowest BCUT2D eigenvalue weighted by atomic mass is 10.3. The van der Waals surface area contributed by atoms with Crippen molar-refractivity contribution in [2.45, 2.75) is 13.8 Å². The van der Waals surface area contributed by atoms with Crippen molar-refractivity contribution in [2.75, 3.05) is 13.2 Å². The Balaban J connectivity index is 0.000000219. The summed E-state index contributed by atoms with van der Waals surface area (Å²) in [5, 5.41) is 8.11. The number of carboxylic acid groups (broad SMARTS) is 1. The molecule has 1 aliphatic rings. The lowest BCUT2D eigenvalue weighted by molar-refractivity contribution is -0.132. The first-order valence-corrected chi connectivity index (χ1v) is 3.12. The first-order valence-electron chi connectivity index (χ1n) is 3.12. The van der Waals surface area contributed by atoms with Crippen LogP contribution in [0.5, 0.6) is 0 Å². The van der Waals surface area contributed by atoms with Gasteiger partial charge in [-0.1, -0.05) is 6.08 Å². The Kier molecular flexibility index (Phi) is 4.58. The van der Waals surface area contributed by atoms with Crippen LogP contribution in [0.2, 0.25) is 0 Å². The predicted octanol–water partition coefficient (Wildman–Crippen LogP) is 1.05. The van der Waals surface area contributed by atoms with Crippen LogP contribution in [0.3, 0.4) is 0 Å². The number of allylic oxidation sites excluding steroid dienone is 1. The predicted molar refractivity (Wildman–Crippen MR) is 37.9 cm³/mol. The van der Waals surface area contributed by atoms with Gasteiger partial charge in [0.05, 0.1) is 13.2 Å². The number of hydrogen-bond donors (Lipinski definition) is 1. The van der Waals surface area contributed by atoms with E-state index in [1.165, 1.54) is 0 Å². The van der Waals surface area contributed by atoms with E-state index in [1.54, 1.807) is 19.9 Å². The molecule has 0 spiro atoms. The van der Waals surface area contributed by atoms with E-state index in [1.807, 2.05) is 0 Å². The molecule has 0 aliphatic carbocycles. The summed E-state index contributed by atoms with van der Waals surface area (Å²) in [6.07, 6.45) is 1.56. The second-order valence-corrected chi connectivity index (χ2v) is 1.89. The second kappa shape index (κ2) is 4.99. The second-order valence-electron chi connectivity index (χ2n) is 1.89. The van der Waals surface area contributed by atoms with Gasteiger partial charge in [-0.05, 0) is 13.8 Å². The van der Waals surface area contributed by atoms with Crippen LogP contribution >= 0.6 is 0 Å². The van der Waals surface area contributed by atoms with E-state index < -0.39 is 5.97 Å². The van der Waals surface area contributed by atoms with Crippen LogP contribution in [0.1, 0.15) is 13.8 Å². The molecular weight excluding hydrogens is 132 g/mol. The molecule has 1 saturated heterocycles. The largest absolute Gasteiger partial charge is 0.478 e. The third-order valence-corrected chi connectivity index (χ3v) is 0.974. The summed E-state index contributed by atoms with van der Waals surface area (Å²) in [7, 11) is 0. The number of ether oxygens (including phenoxy) is 1. The first-order chi connectivity index (χ1) is 4.68. The van der Waals surface area contributed by atoms with E-state index in [4.69, 9.17) is 5.11 Å².